The number of hydrogen-bond donors (Lipinski definition) is 1. The van der Waals surface area contributed by atoms with Gasteiger partial charge in [-0.3, -0.25) is 4.90 Å². The fourth-order valence-corrected chi connectivity index (χ4v) is 2.47. The summed E-state index contributed by atoms with van der Waals surface area (Å²) in [7, 11) is 1.64. The quantitative estimate of drug-likeness (QED) is 0.853. The normalized spacial score (nSPS) is 25.1. The summed E-state index contributed by atoms with van der Waals surface area (Å²) >= 11 is 0. The Labute approximate surface area is 103 Å². The molecule has 0 aliphatic carbocycles. The number of pyridine rings is 1. The van der Waals surface area contributed by atoms with E-state index in [1.807, 2.05) is 12.3 Å². The first-order chi connectivity index (χ1) is 8.22. The van der Waals surface area contributed by atoms with Gasteiger partial charge in [0.1, 0.15) is 0 Å². The van der Waals surface area contributed by atoms with E-state index in [0.29, 0.717) is 17.8 Å². The number of ether oxygens (including phenoxy) is 1. The van der Waals surface area contributed by atoms with Crippen LogP contribution in [-0.2, 0) is 6.54 Å². The maximum atomic E-state index is 5.73. The predicted octanol–water partition coefficient (Wildman–Crippen LogP) is 1.26. The van der Waals surface area contributed by atoms with Crippen molar-refractivity contribution in [3.05, 3.63) is 23.9 Å². The summed E-state index contributed by atoms with van der Waals surface area (Å²) in [5, 5.41) is 0. The predicted molar refractivity (Wildman–Crippen MR) is 67.8 cm³/mol. The van der Waals surface area contributed by atoms with E-state index in [1.165, 1.54) is 12.0 Å². The van der Waals surface area contributed by atoms with Crippen LogP contribution in [0.5, 0.6) is 5.88 Å². The molecule has 2 unspecified atom stereocenters. The highest BCUT2D eigenvalue weighted by Gasteiger charge is 2.27. The molecule has 2 rings (SSSR count). The fraction of sp³-hybridized carbons (Fsp3) is 0.615. The molecular weight excluding hydrogens is 214 g/mol. The van der Waals surface area contributed by atoms with Crippen LogP contribution in [0.2, 0.25) is 0 Å². The molecule has 1 aliphatic rings. The second-order valence-electron chi connectivity index (χ2n) is 4.82. The Bertz CT molecular complexity index is 352. The Balaban J connectivity index is 1.96. The largest absolute Gasteiger partial charge is 0.481 e. The molecule has 0 amide bonds. The van der Waals surface area contributed by atoms with Crippen LogP contribution in [0.25, 0.3) is 0 Å². The molecule has 1 saturated heterocycles. The molecule has 1 fully saturated rings. The van der Waals surface area contributed by atoms with Crippen LogP contribution < -0.4 is 10.5 Å². The number of hydrogen-bond acceptors (Lipinski definition) is 4. The molecule has 0 saturated carbocycles. The smallest absolute Gasteiger partial charge is 0.212 e. The van der Waals surface area contributed by atoms with Crippen molar-refractivity contribution in [2.45, 2.75) is 25.9 Å². The first-order valence-electron chi connectivity index (χ1n) is 6.16. The van der Waals surface area contributed by atoms with Gasteiger partial charge in [-0.2, -0.15) is 0 Å². The summed E-state index contributed by atoms with van der Waals surface area (Å²) in [5.41, 5.74) is 6.97. The van der Waals surface area contributed by atoms with E-state index in [2.05, 4.69) is 22.9 Å². The second-order valence-corrected chi connectivity index (χ2v) is 4.82. The molecule has 2 N–H and O–H groups in total. The van der Waals surface area contributed by atoms with E-state index in [9.17, 15) is 0 Å². The second kappa shape index (κ2) is 5.47. The van der Waals surface area contributed by atoms with Crippen LogP contribution in [0.15, 0.2) is 18.3 Å². The molecule has 2 atom stereocenters. The van der Waals surface area contributed by atoms with Crippen molar-refractivity contribution in [2.75, 3.05) is 20.2 Å². The van der Waals surface area contributed by atoms with E-state index >= 15 is 0 Å². The van der Waals surface area contributed by atoms with Crippen molar-refractivity contribution < 1.29 is 4.74 Å². The van der Waals surface area contributed by atoms with Crippen LogP contribution in [-0.4, -0.2) is 36.1 Å². The Hall–Kier alpha value is -1.13. The summed E-state index contributed by atoms with van der Waals surface area (Å²) in [4.78, 5) is 6.70. The molecule has 0 bridgehead atoms. The third-order valence-corrected chi connectivity index (χ3v) is 3.52. The van der Waals surface area contributed by atoms with Crippen molar-refractivity contribution in [1.29, 1.82) is 0 Å². The molecule has 0 spiro atoms. The summed E-state index contributed by atoms with van der Waals surface area (Å²) in [6, 6.07) is 4.61. The number of rotatable bonds is 4. The zero-order valence-electron chi connectivity index (χ0n) is 10.6. The van der Waals surface area contributed by atoms with Crippen LogP contribution in [0.3, 0.4) is 0 Å². The Morgan fingerprint density at radius 3 is 2.88 bits per heavy atom. The van der Waals surface area contributed by atoms with Crippen molar-refractivity contribution in [3.8, 4) is 5.88 Å². The lowest BCUT2D eigenvalue weighted by Gasteiger charge is -2.20. The number of nitrogens with two attached hydrogens (primary N) is 1. The van der Waals surface area contributed by atoms with E-state index in [-0.39, 0.29) is 0 Å². The third kappa shape index (κ3) is 2.96. The molecular formula is C13H21N3O. The van der Waals surface area contributed by atoms with E-state index in [1.54, 1.807) is 7.11 Å². The van der Waals surface area contributed by atoms with E-state index in [4.69, 9.17) is 10.5 Å². The highest BCUT2D eigenvalue weighted by atomic mass is 16.5. The van der Waals surface area contributed by atoms with Gasteiger partial charge in [0.25, 0.3) is 0 Å². The van der Waals surface area contributed by atoms with Crippen LogP contribution >= 0.6 is 0 Å². The van der Waals surface area contributed by atoms with Gasteiger partial charge in [0.15, 0.2) is 0 Å². The van der Waals surface area contributed by atoms with Crippen molar-refractivity contribution in [2.24, 2.45) is 11.7 Å². The third-order valence-electron chi connectivity index (χ3n) is 3.52. The molecule has 0 aromatic carbocycles. The van der Waals surface area contributed by atoms with Gasteiger partial charge in [0, 0.05) is 31.4 Å². The summed E-state index contributed by atoms with van der Waals surface area (Å²) < 4.78 is 5.05. The summed E-state index contributed by atoms with van der Waals surface area (Å²) in [6.07, 6.45) is 3.10. The Morgan fingerprint density at radius 2 is 2.35 bits per heavy atom. The Morgan fingerprint density at radius 1 is 1.53 bits per heavy atom. The maximum absolute atomic E-state index is 5.73. The lowest BCUT2D eigenvalue weighted by atomic mass is 10.1. The number of aromatic nitrogens is 1. The summed E-state index contributed by atoms with van der Waals surface area (Å²) in [5.74, 6) is 1.32. The van der Waals surface area contributed by atoms with E-state index < -0.39 is 0 Å². The van der Waals surface area contributed by atoms with Crippen LogP contribution in [0, 0.1) is 5.92 Å². The van der Waals surface area contributed by atoms with Gasteiger partial charge in [-0.25, -0.2) is 4.98 Å². The molecule has 94 valence electrons. The van der Waals surface area contributed by atoms with Crippen LogP contribution in [0.1, 0.15) is 18.9 Å². The van der Waals surface area contributed by atoms with Gasteiger partial charge in [-0.1, -0.05) is 6.07 Å². The number of likely N-dealkylation sites (tertiary alicyclic amines) is 1. The first kappa shape index (κ1) is 12.3. The molecule has 4 nitrogen and oxygen atoms in total. The van der Waals surface area contributed by atoms with E-state index in [0.717, 1.165) is 19.6 Å². The molecule has 0 radical (unpaired) electrons. The number of methoxy groups -OCH3 is 1. The zero-order valence-corrected chi connectivity index (χ0v) is 10.6. The minimum atomic E-state index is 0.616. The minimum absolute atomic E-state index is 0.616. The highest BCUT2D eigenvalue weighted by Crippen LogP contribution is 2.24. The highest BCUT2D eigenvalue weighted by molar-refractivity contribution is 5.17. The number of nitrogens with zero attached hydrogens (tertiary/aromatic N) is 2. The minimum Gasteiger partial charge on any atom is -0.481 e. The molecule has 1 aromatic heterocycles. The summed E-state index contributed by atoms with van der Waals surface area (Å²) in [6.45, 7) is 5.12. The van der Waals surface area contributed by atoms with Gasteiger partial charge in [0.05, 0.1) is 7.11 Å². The van der Waals surface area contributed by atoms with Gasteiger partial charge >= 0.3 is 0 Å². The molecule has 1 aromatic rings. The van der Waals surface area contributed by atoms with Crippen molar-refractivity contribution in [3.63, 3.8) is 0 Å². The van der Waals surface area contributed by atoms with Crippen molar-refractivity contribution in [1.82, 2.24) is 9.88 Å². The van der Waals surface area contributed by atoms with Crippen molar-refractivity contribution >= 4 is 0 Å². The standard InChI is InChI=1S/C13H21N3O/c1-10-5-12(6-14)9-16(10)8-11-3-4-13(17-2)15-7-11/h3-4,7,10,12H,5-6,8-9,14H2,1-2H3. The average molecular weight is 235 g/mol. The average Bonchev–Trinajstić information content (AvgIpc) is 2.71. The fourth-order valence-electron chi connectivity index (χ4n) is 2.47. The maximum Gasteiger partial charge on any atom is 0.212 e. The van der Waals surface area contributed by atoms with Gasteiger partial charge in [-0.15, -0.1) is 0 Å². The SMILES string of the molecule is COc1ccc(CN2CC(CN)CC2C)cn1. The first-order valence-corrected chi connectivity index (χ1v) is 6.16. The monoisotopic (exact) mass is 235 g/mol. The Kier molecular flexibility index (Phi) is 3.97. The van der Waals surface area contributed by atoms with Gasteiger partial charge < -0.3 is 10.5 Å². The molecule has 4 heteroatoms. The topological polar surface area (TPSA) is 51.4 Å². The zero-order chi connectivity index (χ0) is 12.3. The molecule has 1 aliphatic heterocycles. The van der Waals surface area contributed by atoms with Crippen LogP contribution in [0.4, 0.5) is 0 Å². The molecule has 2 heterocycles. The lowest BCUT2D eigenvalue weighted by molar-refractivity contribution is 0.255. The van der Waals surface area contributed by atoms with Gasteiger partial charge in [-0.05, 0) is 31.4 Å². The lowest BCUT2D eigenvalue weighted by Crippen LogP contribution is -2.27. The molecule has 17 heavy (non-hydrogen) atoms. The van der Waals surface area contributed by atoms with Gasteiger partial charge in [0.2, 0.25) is 5.88 Å².